The summed E-state index contributed by atoms with van der Waals surface area (Å²) in [5.74, 6) is -0.413. The fourth-order valence-corrected chi connectivity index (χ4v) is 1.85. The molecule has 19 heavy (non-hydrogen) atoms. The molecule has 0 aliphatic rings. The average molecular weight is 262 g/mol. The van der Waals surface area contributed by atoms with Crippen LogP contribution in [0.5, 0.6) is 0 Å². The topological polar surface area (TPSA) is 64.4 Å². The SMILES string of the molecule is CC(C)COCCn1cnc2ccc(C(=O)O)cc21. The summed E-state index contributed by atoms with van der Waals surface area (Å²) < 4.78 is 7.45. The number of hydrogen-bond donors (Lipinski definition) is 1. The minimum atomic E-state index is -0.925. The monoisotopic (exact) mass is 262 g/mol. The standard InChI is InChI=1S/C14H18N2O3/c1-10(2)8-19-6-5-16-9-15-12-4-3-11(14(17)18)7-13(12)16/h3-4,7,9-10H,5-6,8H2,1-2H3,(H,17,18). The zero-order valence-electron chi connectivity index (χ0n) is 11.2. The van der Waals surface area contributed by atoms with E-state index in [9.17, 15) is 4.79 Å². The molecule has 0 amide bonds. The Hall–Kier alpha value is -1.88. The van der Waals surface area contributed by atoms with Crippen molar-refractivity contribution in [1.82, 2.24) is 9.55 Å². The lowest BCUT2D eigenvalue weighted by molar-refractivity contribution is 0.0697. The van der Waals surface area contributed by atoms with Gasteiger partial charge in [-0.25, -0.2) is 9.78 Å². The van der Waals surface area contributed by atoms with Crippen LogP contribution in [-0.4, -0.2) is 33.8 Å². The summed E-state index contributed by atoms with van der Waals surface area (Å²) in [4.78, 5) is 15.2. The van der Waals surface area contributed by atoms with Crippen LogP contribution in [0.3, 0.4) is 0 Å². The van der Waals surface area contributed by atoms with Gasteiger partial charge in [0.15, 0.2) is 0 Å². The lowest BCUT2D eigenvalue weighted by atomic mass is 10.2. The van der Waals surface area contributed by atoms with E-state index < -0.39 is 5.97 Å². The van der Waals surface area contributed by atoms with Crippen LogP contribution in [0.2, 0.25) is 0 Å². The molecule has 2 aromatic rings. The number of rotatable bonds is 6. The summed E-state index contributed by atoms with van der Waals surface area (Å²) in [6.07, 6.45) is 1.72. The highest BCUT2D eigenvalue weighted by atomic mass is 16.5. The smallest absolute Gasteiger partial charge is 0.335 e. The van der Waals surface area contributed by atoms with Gasteiger partial charge in [-0.2, -0.15) is 0 Å². The van der Waals surface area contributed by atoms with E-state index in [4.69, 9.17) is 9.84 Å². The third-order valence-corrected chi connectivity index (χ3v) is 2.80. The van der Waals surface area contributed by atoms with Crippen molar-refractivity contribution in [2.45, 2.75) is 20.4 Å². The van der Waals surface area contributed by atoms with Gasteiger partial charge in [-0.05, 0) is 24.1 Å². The lowest BCUT2D eigenvalue weighted by Gasteiger charge is -2.08. The Morgan fingerprint density at radius 1 is 1.47 bits per heavy atom. The summed E-state index contributed by atoms with van der Waals surface area (Å²) in [6.45, 7) is 6.21. The Balaban J connectivity index is 2.10. The molecule has 5 nitrogen and oxygen atoms in total. The van der Waals surface area contributed by atoms with E-state index in [0.29, 0.717) is 19.1 Å². The van der Waals surface area contributed by atoms with Crippen LogP contribution in [0.15, 0.2) is 24.5 Å². The predicted octanol–water partition coefficient (Wildman–Crippen LogP) is 2.41. The molecule has 102 valence electrons. The van der Waals surface area contributed by atoms with E-state index in [-0.39, 0.29) is 5.56 Å². The first-order valence-corrected chi connectivity index (χ1v) is 6.34. The summed E-state index contributed by atoms with van der Waals surface area (Å²) in [5, 5.41) is 8.99. The van der Waals surface area contributed by atoms with Crippen molar-refractivity contribution in [2.24, 2.45) is 5.92 Å². The van der Waals surface area contributed by atoms with E-state index in [0.717, 1.165) is 17.6 Å². The number of carbonyl (C=O) groups is 1. The first-order valence-electron chi connectivity index (χ1n) is 6.34. The zero-order chi connectivity index (χ0) is 13.8. The summed E-state index contributed by atoms with van der Waals surface area (Å²) in [6, 6.07) is 4.94. The van der Waals surface area contributed by atoms with Crippen LogP contribution in [-0.2, 0) is 11.3 Å². The molecule has 0 spiro atoms. The van der Waals surface area contributed by atoms with Gasteiger partial charge in [-0.3, -0.25) is 0 Å². The van der Waals surface area contributed by atoms with Gasteiger partial charge in [-0.15, -0.1) is 0 Å². The van der Waals surface area contributed by atoms with Crippen LogP contribution in [0.25, 0.3) is 11.0 Å². The van der Waals surface area contributed by atoms with Gasteiger partial charge in [0.05, 0.1) is 29.5 Å². The molecule has 0 aliphatic heterocycles. The third-order valence-electron chi connectivity index (χ3n) is 2.80. The molecule has 2 rings (SSSR count). The molecule has 0 saturated carbocycles. The Bertz CT molecular complexity index is 575. The Labute approximate surface area is 111 Å². The highest BCUT2D eigenvalue weighted by Crippen LogP contribution is 2.15. The maximum atomic E-state index is 11.0. The Morgan fingerprint density at radius 2 is 2.26 bits per heavy atom. The van der Waals surface area contributed by atoms with E-state index in [1.54, 1.807) is 24.5 Å². The van der Waals surface area contributed by atoms with Crippen molar-refractivity contribution in [1.29, 1.82) is 0 Å². The van der Waals surface area contributed by atoms with Gasteiger partial charge in [-0.1, -0.05) is 13.8 Å². The van der Waals surface area contributed by atoms with E-state index >= 15 is 0 Å². The van der Waals surface area contributed by atoms with E-state index in [1.165, 1.54) is 0 Å². The van der Waals surface area contributed by atoms with Gasteiger partial charge in [0.25, 0.3) is 0 Å². The maximum Gasteiger partial charge on any atom is 0.335 e. The quantitative estimate of drug-likeness (QED) is 0.812. The molecule has 1 aromatic heterocycles. The molecular weight excluding hydrogens is 244 g/mol. The molecular formula is C14H18N2O3. The number of ether oxygens (including phenoxy) is 1. The summed E-state index contributed by atoms with van der Waals surface area (Å²) in [5.41, 5.74) is 1.90. The van der Waals surface area contributed by atoms with Crippen molar-refractivity contribution >= 4 is 17.0 Å². The maximum absolute atomic E-state index is 11.0. The minimum absolute atomic E-state index is 0.275. The number of carboxylic acid groups (broad SMARTS) is 1. The van der Waals surface area contributed by atoms with Gasteiger partial charge in [0.1, 0.15) is 0 Å². The van der Waals surface area contributed by atoms with Crippen molar-refractivity contribution in [3.63, 3.8) is 0 Å². The highest BCUT2D eigenvalue weighted by molar-refractivity contribution is 5.92. The zero-order valence-corrected chi connectivity index (χ0v) is 11.2. The number of benzene rings is 1. The minimum Gasteiger partial charge on any atom is -0.478 e. The van der Waals surface area contributed by atoms with Gasteiger partial charge in [0.2, 0.25) is 0 Å². The van der Waals surface area contributed by atoms with Gasteiger partial charge >= 0.3 is 5.97 Å². The second-order valence-corrected chi connectivity index (χ2v) is 4.92. The number of carboxylic acids is 1. The lowest BCUT2D eigenvalue weighted by Crippen LogP contribution is -2.09. The van der Waals surface area contributed by atoms with Crippen molar-refractivity contribution < 1.29 is 14.6 Å². The van der Waals surface area contributed by atoms with Crippen molar-refractivity contribution in [2.75, 3.05) is 13.2 Å². The molecule has 1 aromatic carbocycles. The third kappa shape index (κ3) is 3.32. The molecule has 0 bridgehead atoms. The van der Waals surface area contributed by atoms with Gasteiger partial charge in [0, 0.05) is 13.2 Å². The molecule has 0 saturated heterocycles. The fraction of sp³-hybridized carbons (Fsp3) is 0.429. The molecule has 0 atom stereocenters. The van der Waals surface area contributed by atoms with Crippen molar-refractivity contribution in [3.8, 4) is 0 Å². The molecule has 5 heteroatoms. The summed E-state index contributed by atoms with van der Waals surface area (Å²) >= 11 is 0. The molecule has 0 aliphatic carbocycles. The summed E-state index contributed by atoms with van der Waals surface area (Å²) in [7, 11) is 0. The van der Waals surface area contributed by atoms with Crippen LogP contribution in [0, 0.1) is 5.92 Å². The average Bonchev–Trinajstić information content (AvgIpc) is 2.76. The molecule has 0 unspecified atom stereocenters. The van der Waals surface area contributed by atoms with Crippen LogP contribution >= 0.6 is 0 Å². The largest absolute Gasteiger partial charge is 0.478 e. The number of aromatic carboxylic acids is 1. The first kappa shape index (κ1) is 13.5. The molecule has 1 N–H and O–H groups in total. The Morgan fingerprint density at radius 3 is 2.95 bits per heavy atom. The first-order chi connectivity index (χ1) is 9.08. The predicted molar refractivity (Wildman–Crippen MR) is 72.3 cm³/mol. The fourth-order valence-electron chi connectivity index (χ4n) is 1.85. The normalized spacial score (nSPS) is 11.3. The second-order valence-electron chi connectivity index (χ2n) is 4.92. The number of nitrogens with zero attached hydrogens (tertiary/aromatic N) is 2. The molecule has 1 heterocycles. The number of aromatic nitrogens is 2. The Kier molecular flexibility index (Phi) is 4.16. The molecule has 0 fully saturated rings. The second kappa shape index (κ2) is 5.84. The highest BCUT2D eigenvalue weighted by Gasteiger charge is 2.07. The number of hydrogen-bond acceptors (Lipinski definition) is 3. The van der Waals surface area contributed by atoms with Gasteiger partial charge < -0.3 is 14.4 Å². The van der Waals surface area contributed by atoms with E-state index in [2.05, 4.69) is 18.8 Å². The van der Waals surface area contributed by atoms with Crippen LogP contribution in [0.1, 0.15) is 24.2 Å². The number of fused-ring (bicyclic) bond motifs is 1. The van der Waals surface area contributed by atoms with Crippen molar-refractivity contribution in [3.05, 3.63) is 30.1 Å². The van der Waals surface area contributed by atoms with Crippen LogP contribution < -0.4 is 0 Å². The van der Waals surface area contributed by atoms with Crippen LogP contribution in [0.4, 0.5) is 0 Å². The number of imidazole rings is 1. The molecule has 0 radical (unpaired) electrons. The van der Waals surface area contributed by atoms with E-state index in [1.807, 2.05) is 4.57 Å².